The summed E-state index contributed by atoms with van der Waals surface area (Å²) >= 11 is 1.59. The zero-order valence-electron chi connectivity index (χ0n) is 17.9. The number of hydrogen-bond acceptors (Lipinski definition) is 6. The molecule has 2 heterocycles. The summed E-state index contributed by atoms with van der Waals surface area (Å²) < 4.78 is 12.0. The van der Waals surface area contributed by atoms with Crippen LogP contribution in [0.25, 0.3) is 10.2 Å². The Morgan fingerprint density at radius 1 is 1.10 bits per heavy atom. The lowest BCUT2D eigenvalue weighted by Crippen LogP contribution is -2.34. The number of anilines is 1. The average molecular weight is 426 g/mol. The number of ether oxygens (including phenoxy) is 2. The van der Waals surface area contributed by atoms with Crippen molar-refractivity contribution in [3.8, 4) is 11.5 Å². The van der Waals surface area contributed by atoms with E-state index in [0.717, 1.165) is 39.6 Å². The molecule has 0 bridgehead atoms. The highest BCUT2D eigenvalue weighted by Crippen LogP contribution is 2.34. The van der Waals surface area contributed by atoms with Crippen LogP contribution in [0, 0.1) is 13.8 Å². The Balaban J connectivity index is 1.60. The first kappa shape index (κ1) is 20.6. The Morgan fingerprint density at radius 3 is 2.70 bits per heavy atom. The lowest BCUT2D eigenvalue weighted by Gasteiger charge is -2.21. The van der Waals surface area contributed by atoms with Gasteiger partial charge in [-0.1, -0.05) is 23.5 Å². The highest BCUT2D eigenvalue weighted by Gasteiger charge is 2.22. The van der Waals surface area contributed by atoms with Crippen LogP contribution in [0.3, 0.4) is 0 Å². The minimum absolute atomic E-state index is 0.0426. The second-order valence-electron chi connectivity index (χ2n) is 7.99. The van der Waals surface area contributed by atoms with E-state index in [-0.39, 0.29) is 12.7 Å². The van der Waals surface area contributed by atoms with Gasteiger partial charge in [0.25, 0.3) is 0 Å². The molecule has 158 valence electrons. The van der Waals surface area contributed by atoms with Crippen molar-refractivity contribution in [1.29, 1.82) is 0 Å². The fourth-order valence-corrected chi connectivity index (χ4v) is 4.73. The molecular weight excluding hydrogens is 398 g/mol. The van der Waals surface area contributed by atoms with Crippen LogP contribution in [0.15, 0.2) is 30.3 Å². The molecule has 2 aromatic carbocycles. The number of nitrogens with zero attached hydrogens (tertiary/aromatic N) is 3. The molecule has 0 saturated heterocycles. The monoisotopic (exact) mass is 425 g/mol. The molecule has 0 unspecified atom stereocenters. The first-order chi connectivity index (χ1) is 14.4. The highest BCUT2D eigenvalue weighted by molar-refractivity contribution is 7.22. The van der Waals surface area contributed by atoms with Crippen molar-refractivity contribution in [1.82, 2.24) is 9.88 Å². The maximum Gasteiger partial charge on any atom is 0.233 e. The van der Waals surface area contributed by atoms with E-state index >= 15 is 0 Å². The summed E-state index contributed by atoms with van der Waals surface area (Å²) in [5.74, 6) is 1.47. The summed E-state index contributed by atoms with van der Waals surface area (Å²) in [6, 6.07) is 9.93. The minimum Gasteiger partial charge on any atom is -0.454 e. The topological polar surface area (TPSA) is 54.9 Å². The fourth-order valence-electron chi connectivity index (χ4n) is 3.67. The lowest BCUT2D eigenvalue weighted by molar-refractivity contribution is -0.118. The summed E-state index contributed by atoms with van der Waals surface area (Å²) in [6.45, 7) is 5.96. The maximum absolute atomic E-state index is 13.3. The molecule has 0 N–H and O–H groups in total. The molecule has 7 heteroatoms. The van der Waals surface area contributed by atoms with E-state index in [2.05, 4.69) is 30.9 Å². The van der Waals surface area contributed by atoms with Crippen molar-refractivity contribution in [2.75, 3.05) is 38.9 Å². The van der Waals surface area contributed by atoms with Crippen LogP contribution in [-0.2, 0) is 11.2 Å². The number of fused-ring (bicyclic) bond motifs is 2. The Labute approximate surface area is 181 Å². The van der Waals surface area contributed by atoms with E-state index in [1.807, 2.05) is 37.2 Å². The van der Waals surface area contributed by atoms with Crippen molar-refractivity contribution in [2.45, 2.75) is 26.7 Å². The lowest BCUT2D eigenvalue weighted by atomic mass is 10.1. The van der Waals surface area contributed by atoms with Gasteiger partial charge < -0.3 is 14.4 Å². The van der Waals surface area contributed by atoms with Crippen molar-refractivity contribution in [3.63, 3.8) is 0 Å². The fraction of sp³-hybridized carbons (Fsp3) is 0.391. The predicted molar refractivity (Wildman–Crippen MR) is 121 cm³/mol. The number of rotatable bonds is 7. The number of amides is 1. The summed E-state index contributed by atoms with van der Waals surface area (Å²) in [5.41, 5.74) is 4.25. The zero-order valence-corrected chi connectivity index (χ0v) is 18.7. The second kappa shape index (κ2) is 8.62. The second-order valence-corrected chi connectivity index (χ2v) is 8.97. The number of hydrogen-bond donors (Lipinski definition) is 0. The molecule has 1 amide bonds. The SMILES string of the molecule is Cc1cc(C)c2sc(N(CCCN(C)C)C(=O)Cc3ccc4c(c3)OCO4)nc2c1. The average Bonchev–Trinajstić information content (AvgIpc) is 3.31. The molecule has 0 saturated carbocycles. The Morgan fingerprint density at radius 2 is 1.90 bits per heavy atom. The van der Waals surface area contributed by atoms with E-state index in [1.54, 1.807) is 11.3 Å². The van der Waals surface area contributed by atoms with Crippen LogP contribution in [0.2, 0.25) is 0 Å². The number of thiazole rings is 1. The van der Waals surface area contributed by atoms with Crippen molar-refractivity contribution < 1.29 is 14.3 Å². The van der Waals surface area contributed by atoms with Crippen LogP contribution in [0.4, 0.5) is 5.13 Å². The number of carbonyl (C=O) groups is 1. The summed E-state index contributed by atoms with van der Waals surface area (Å²) in [4.78, 5) is 22.1. The minimum atomic E-state index is 0.0426. The molecule has 3 aromatic rings. The Kier molecular flexibility index (Phi) is 5.92. The largest absolute Gasteiger partial charge is 0.454 e. The van der Waals surface area contributed by atoms with Gasteiger partial charge >= 0.3 is 0 Å². The molecule has 0 fully saturated rings. The smallest absolute Gasteiger partial charge is 0.233 e. The third kappa shape index (κ3) is 4.42. The van der Waals surface area contributed by atoms with Gasteiger partial charge in [-0.2, -0.15) is 0 Å². The van der Waals surface area contributed by atoms with Crippen molar-refractivity contribution >= 4 is 32.6 Å². The van der Waals surface area contributed by atoms with Crippen LogP contribution in [0.1, 0.15) is 23.1 Å². The molecule has 30 heavy (non-hydrogen) atoms. The van der Waals surface area contributed by atoms with Gasteiger partial charge in [0.15, 0.2) is 16.6 Å². The number of aromatic nitrogens is 1. The third-order valence-corrected chi connectivity index (χ3v) is 6.35. The van der Waals surface area contributed by atoms with Gasteiger partial charge in [0, 0.05) is 6.54 Å². The van der Waals surface area contributed by atoms with Crippen molar-refractivity contribution in [3.05, 3.63) is 47.0 Å². The van der Waals surface area contributed by atoms with Gasteiger partial charge in [-0.25, -0.2) is 4.98 Å². The van der Waals surface area contributed by atoms with E-state index in [9.17, 15) is 4.79 Å². The molecule has 0 spiro atoms. The molecule has 0 radical (unpaired) electrons. The van der Waals surface area contributed by atoms with Gasteiger partial charge in [0.1, 0.15) is 0 Å². The van der Waals surface area contributed by atoms with Gasteiger partial charge in [0.2, 0.25) is 12.7 Å². The van der Waals surface area contributed by atoms with E-state index in [4.69, 9.17) is 14.5 Å². The van der Waals surface area contributed by atoms with Gasteiger partial charge in [-0.3, -0.25) is 9.69 Å². The van der Waals surface area contributed by atoms with Gasteiger partial charge in [0.05, 0.1) is 16.6 Å². The van der Waals surface area contributed by atoms with E-state index < -0.39 is 0 Å². The summed E-state index contributed by atoms with van der Waals surface area (Å²) in [6.07, 6.45) is 1.18. The van der Waals surface area contributed by atoms with Gasteiger partial charge in [-0.05, 0) is 75.8 Å². The standard InChI is InChI=1S/C23H27N3O3S/c1-15-10-16(2)22-18(11-15)24-23(30-22)26(9-5-8-25(3)4)21(27)13-17-6-7-19-20(12-17)29-14-28-19/h6-7,10-12H,5,8-9,13-14H2,1-4H3. The molecule has 1 aliphatic rings. The van der Waals surface area contributed by atoms with Gasteiger partial charge in [-0.15, -0.1) is 0 Å². The Bertz CT molecular complexity index is 1080. The van der Waals surface area contributed by atoms with Crippen LogP contribution in [-0.4, -0.2) is 49.8 Å². The van der Waals surface area contributed by atoms with E-state index in [1.165, 1.54) is 11.1 Å². The first-order valence-electron chi connectivity index (χ1n) is 10.1. The maximum atomic E-state index is 13.3. The molecule has 0 aliphatic carbocycles. The Hall–Kier alpha value is -2.64. The third-order valence-electron chi connectivity index (χ3n) is 5.12. The molecule has 6 nitrogen and oxygen atoms in total. The first-order valence-corrected chi connectivity index (χ1v) is 10.9. The number of aryl methyl sites for hydroxylation is 2. The quantitative estimate of drug-likeness (QED) is 0.569. The highest BCUT2D eigenvalue weighted by atomic mass is 32.1. The zero-order chi connectivity index (χ0) is 21.3. The van der Waals surface area contributed by atoms with Crippen molar-refractivity contribution in [2.24, 2.45) is 0 Å². The predicted octanol–water partition coefficient (Wildman–Crippen LogP) is 4.17. The van der Waals surface area contributed by atoms with E-state index in [0.29, 0.717) is 18.7 Å². The molecular formula is C23H27N3O3S. The normalized spacial score (nSPS) is 12.7. The summed E-state index contributed by atoms with van der Waals surface area (Å²) in [7, 11) is 4.09. The number of benzene rings is 2. The summed E-state index contributed by atoms with van der Waals surface area (Å²) in [5, 5.41) is 0.767. The number of carbonyl (C=O) groups excluding carboxylic acids is 1. The molecule has 1 aliphatic heterocycles. The van der Waals surface area contributed by atoms with Crippen LogP contribution >= 0.6 is 11.3 Å². The molecule has 1 aromatic heterocycles. The van der Waals surface area contributed by atoms with Crippen LogP contribution in [0.5, 0.6) is 11.5 Å². The van der Waals surface area contributed by atoms with Crippen LogP contribution < -0.4 is 14.4 Å². The molecule has 0 atom stereocenters. The molecule has 4 rings (SSSR count).